The maximum absolute atomic E-state index is 13.5. The predicted molar refractivity (Wildman–Crippen MR) is 92.9 cm³/mol. The molecule has 1 saturated heterocycles. The Morgan fingerprint density at radius 2 is 2.12 bits per heavy atom. The van der Waals surface area contributed by atoms with Crippen LogP contribution < -0.4 is 10.1 Å². The Hall–Kier alpha value is -2.21. The second kappa shape index (κ2) is 7.13. The molecule has 0 aliphatic carbocycles. The zero-order valence-corrected chi connectivity index (χ0v) is 14.3. The van der Waals surface area contributed by atoms with Crippen molar-refractivity contribution in [2.45, 2.75) is 25.8 Å². The molecule has 1 atom stereocenters. The summed E-state index contributed by atoms with van der Waals surface area (Å²) >= 11 is 0. The van der Waals surface area contributed by atoms with Gasteiger partial charge in [-0.1, -0.05) is 0 Å². The van der Waals surface area contributed by atoms with Crippen LogP contribution in [-0.4, -0.2) is 48.4 Å². The normalized spacial score (nSPS) is 18.4. The molecule has 1 aromatic carbocycles. The molecular weight excluding hydrogens is 307 g/mol. The molecule has 0 bridgehead atoms. The number of methoxy groups -OCH3 is 1. The first-order valence-electron chi connectivity index (χ1n) is 8.20. The molecule has 0 spiro atoms. The number of hydrogen-bond acceptors (Lipinski definition) is 5. The number of halogens is 1. The van der Waals surface area contributed by atoms with Crippen molar-refractivity contribution >= 4 is 5.82 Å². The summed E-state index contributed by atoms with van der Waals surface area (Å²) in [4.78, 5) is 2.32. The molecule has 24 heavy (non-hydrogen) atoms. The number of nitrogens with zero attached hydrogens (tertiary/aromatic N) is 3. The minimum atomic E-state index is -0.319. The minimum Gasteiger partial charge on any atom is -0.496 e. The van der Waals surface area contributed by atoms with Crippen LogP contribution >= 0.6 is 0 Å². The highest BCUT2D eigenvalue weighted by Crippen LogP contribution is 2.32. The van der Waals surface area contributed by atoms with Gasteiger partial charge in [0.15, 0.2) is 0 Å². The molecule has 1 N–H and O–H groups in total. The average Bonchev–Trinajstić information content (AvgIpc) is 2.55. The maximum atomic E-state index is 13.5. The molecule has 3 rings (SSSR count). The number of likely N-dealkylation sites (tertiary alicyclic amines) is 1. The largest absolute Gasteiger partial charge is 0.496 e. The molecule has 2 heterocycles. The van der Waals surface area contributed by atoms with Gasteiger partial charge < -0.3 is 15.0 Å². The van der Waals surface area contributed by atoms with Gasteiger partial charge in [-0.25, -0.2) is 4.39 Å². The van der Waals surface area contributed by atoms with Crippen molar-refractivity contribution in [1.29, 1.82) is 0 Å². The van der Waals surface area contributed by atoms with E-state index in [1.54, 1.807) is 0 Å². The summed E-state index contributed by atoms with van der Waals surface area (Å²) in [5.41, 5.74) is 2.22. The van der Waals surface area contributed by atoms with Gasteiger partial charge in [-0.05, 0) is 57.1 Å². The van der Waals surface area contributed by atoms with Crippen LogP contribution in [0.25, 0.3) is 11.3 Å². The van der Waals surface area contributed by atoms with Crippen LogP contribution in [0, 0.1) is 12.7 Å². The Morgan fingerprint density at radius 3 is 2.79 bits per heavy atom. The summed E-state index contributed by atoms with van der Waals surface area (Å²) < 4.78 is 18.8. The fourth-order valence-electron chi connectivity index (χ4n) is 3.24. The summed E-state index contributed by atoms with van der Waals surface area (Å²) in [6.07, 6.45) is 2.32. The molecule has 0 unspecified atom stereocenters. The van der Waals surface area contributed by atoms with Crippen LogP contribution in [0.2, 0.25) is 0 Å². The smallest absolute Gasteiger partial charge is 0.148 e. The predicted octanol–water partition coefficient (Wildman–Crippen LogP) is 3.11. The number of nitrogens with one attached hydrogen (secondary N) is 1. The minimum absolute atomic E-state index is 0.319. The number of hydrogen-bond donors (Lipinski definition) is 1. The lowest BCUT2D eigenvalue weighted by molar-refractivity contribution is 0.260. The molecule has 0 radical (unpaired) electrons. The van der Waals surface area contributed by atoms with E-state index in [9.17, 15) is 4.39 Å². The summed E-state index contributed by atoms with van der Waals surface area (Å²) in [5, 5.41) is 12.0. The lowest BCUT2D eigenvalue weighted by atomic mass is 10.0. The molecule has 2 aromatic rings. The Bertz CT molecular complexity index is 705. The molecular formula is C18H23FN4O. The molecule has 6 heteroatoms. The molecule has 128 valence electrons. The van der Waals surface area contributed by atoms with Gasteiger partial charge in [0, 0.05) is 24.2 Å². The number of aryl methyl sites for hydroxylation is 1. The molecule has 1 fully saturated rings. The SMILES string of the molecule is COc1cc(F)cc(C)c1-c1ccc(N[C@@H]2CCCN(C)C2)nn1. The lowest BCUT2D eigenvalue weighted by Crippen LogP contribution is -2.39. The second-order valence-corrected chi connectivity index (χ2v) is 6.35. The van der Waals surface area contributed by atoms with Gasteiger partial charge in [0.25, 0.3) is 0 Å². The molecule has 1 aliphatic rings. The van der Waals surface area contributed by atoms with Gasteiger partial charge in [-0.3, -0.25) is 0 Å². The standard InChI is InChI=1S/C18H23FN4O/c1-12-9-13(19)10-16(24-3)18(12)15-6-7-17(22-21-15)20-14-5-4-8-23(2)11-14/h6-7,9-10,14H,4-5,8,11H2,1-3H3,(H,20,22)/t14-/m1/s1. The first-order valence-corrected chi connectivity index (χ1v) is 8.20. The Morgan fingerprint density at radius 1 is 1.29 bits per heavy atom. The van der Waals surface area contributed by atoms with Crippen molar-refractivity contribution in [2.24, 2.45) is 0 Å². The number of rotatable bonds is 4. The molecule has 5 nitrogen and oxygen atoms in total. The highest BCUT2D eigenvalue weighted by atomic mass is 19.1. The van der Waals surface area contributed by atoms with Gasteiger partial charge in [-0.2, -0.15) is 0 Å². The lowest BCUT2D eigenvalue weighted by Gasteiger charge is -2.30. The number of piperidine rings is 1. The summed E-state index contributed by atoms with van der Waals surface area (Å²) in [6, 6.07) is 7.05. The monoisotopic (exact) mass is 330 g/mol. The Balaban J connectivity index is 1.80. The van der Waals surface area contributed by atoms with Crippen molar-refractivity contribution < 1.29 is 9.13 Å². The Labute approximate surface area is 141 Å². The highest BCUT2D eigenvalue weighted by Gasteiger charge is 2.18. The van der Waals surface area contributed by atoms with Crippen LogP contribution in [0.5, 0.6) is 5.75 Å². The van der Waals surface area contributed by atoms with E-state index in [4.69, 9.17) is 4.74 Å². The average molecular weight is 330 g/mol. The van der Waals surface area contributed by atoms with E-state index in [0.29, 0.717) is 17.5 Å². The van der Waals surface area contributed by atoms with E-state index in [1.165, 1.54) is 25.7 Å². The van der Waals surface area contributed by atoms with Gasteiger partial charge in [0.1, 0.15) is 17.4 Å². The first-order chi connectivity index (χ1) is 11.6. The number of aromatic nitrogens is 2. The van der Waals surface area contributed by atoms with E-state index < -0.39 is 0 Å². The molecule has 0 amide bonds. The van der Waals surface area contributed by atoms with Crippen molar-refractivity contribution in [3.63, 3.8) is 0 Å². The van der Waals surface area contributed by atoms with Crippen molar-refractivity contribution in [2.75, 3.05) is 32.6 Å². The molecule has 1 aromatic heterocycles. The van der Waals surface area contributed by atoms with Gasteiger partial charge in [0.05, 0.1) is 12.8 Å². The second-order valence-electron chi connectivity index (χ2n) is 6.35. The van der Waals surface area contributed by atoms with Crippen molar-refractivity contribution in [1.82, 2.24) is 15.1 Å². The topological polar surface area (TPSA) is 50.3 Å². The van der Waals surface area contributed by atoms with Gasteiger partial charge >= 0.3 is 0 Å². The number of ether oxygens (including phenoxy) is 1. The number of benzene rings is 1. The van der Waals surface area contributed by atoms with E-state index in [2.05, 4.69) is 27.5 Å². The van der Waals surface area contributed by atoms with Crippen molar-refractivity contribution in [3.8, 4) is 17.0 Å². The zero-order chi connectivity index (χ0) is 17.1. The van der Waals surface area contributed by atoms with Crippen LogP contribution in [0.15, 0.2) is 24.3 Å². The fourth-order valence-corrected chi connectivity index (χ4v) is 3.24. The van der Waals surface area contributed by atoms with E-state index in [-0.39, 0.29) is 5.82 Å². The summed E-state index contributed by atoms with van der Waals surface area (Å²) in [7, 11) is 3.66. The van der Waals surface area contributed by atoms with E-state index in [1.807, 2.05) is 19.1 Å². The summed E-state index contributed by atoms with van der Waals surface area (Å²) in [5.74, 6) is 0.912. The third kappa shape index (κ3) is 3.64. The van der Waals surface area contributed by atoms with Crippen LogP contribution in [-0.2, 0) is 0 Å². The first kappa shape index (κ1) is 16.6. The third-order valence-electron chi connectivity index (χ3n) is 4.38. The molecule has 0 saturated carbocycles. The van der Waals surface area contributed by atoms with Gasteiger partial charge in [0.2, 0.25) is 0 Å². The zero-order valence-electron chi connectivity index (χ0n) is 14.3. The Kier molecular flexibility index (Phi) is 4.94. The van der Waals surface area contributed by atoms with Crippen LogP contribution in [0.1, 0.15) is 18.4 Å². The number of likely N-dealkylation sites (N-methyl/N-ethyl adjacent to an activating group) is 1. The third-order valence-corrected chi connectivity index (χ3v) is 4.38. The maximum Gasteiger partial charge on any atom is 0.148 e. The van der Waals surface area contributed by atoms with Crippen molar-refractivity contribution in [3.05, 3.63) is 35.6 Å². The van der Waals surface area contributed by atoms with Crippen LogP contribution in [0.3, 0.4) is 0 Å². The fraction of sp³-hybridized carbons (Fsp3) is 0.444. The molecule has 1 aliphatic heterocycles. The highest BCUT2D eigenvalue weighted by molar-refractivity contribution is 5.71. The van der Waals surface area contributed by atoms with E-state index in [0.717, 1.165) is 36.5 Å². The quantitative estimate of drug-likeness (QED) is 0.933. The summed E-state index contributed by atoms with van der Waals surface area (Å²) in [6.45, 7) is 3.99. The van der Waals surface area contributed by atoms with Crippen LogP contribution in [0.4, 0.5) is 10.2 Å². The number of anilines is 1. The van der Waals surface area contributed by atoms with Gasteiger partial charge in [-0.15, -0.1) is 10.2 Å². The van der Waals surface area contributed by atoms with E-state index >= 15 is 0 Å².